The van der Waals surface area contributed by atoms with Crippen LogP contribution in [-0.4, -0.2) is 11.8 Å². The number of hydrogen-bond acceptors (Lipinski definition) is 2. The van der Waals surface area contributed by atoms with Crippen LogP contribution in [-0.2, 0) is 0 Å². The third-order valence-corrected chi connectivity index (χ3v) is 5.06. The molecule has 1 nitrogen and oxygen atoms in total. The second kappa shape index (κ2) is 6.21. The number of benzene rings is 1. The van der Waals surface area contributed by atoms with Crippen molar-refractivity contribution in [2.45, 2.75) is 37.9 Å². The first-order valence-electron chi connectivity index (χ1n) is 6.10. The van der Waals surface area contributed by atoms with Gasteiger partial charge in [-0.3, -0.25) is 0 Å². The first-order chi connectivity index (χ1) is 8.20. The lowest BCUT2D eigenvalue weighted by molar-refractivity contribution is 0.886. The molecule has 0 aromatic heterocycles. The van der Waals surface area contributed by atoms with Gasteiger partial charge in [0.2, 0.25) is 0 Å². The molecular weight excluding hydrogens is 273 g/mol. The Morgan fingerprint density at radius 2 is 2.00 bits per heavy atom. The highest BCUT2D eigenvalue weighted by Gasteiger charge is 2.20. The molecule has 94 valence electrons. The molecule has 1 aromatic rings. The van der Waals surface area contributed by atoms with Gasteiger partial charge in [0.1, 0.15) is 0 Å². The topological polar surface area (TPSA) is 3.24 Å². The minimum atomic E-state index is 0.695. The van der Waals surface area contributed by atoms with E-state index in [-0.39, 0.29) is 0 Å². The van der Waals surface area contributed by atoms with Gasteiger partial charge in [0.25, 0.3) is 0 Å². The summed E-state index contributed by atoms with van der Waals surface area (Å²) in [4.78, 5) is 0. The van der Waals surface area contributed by atoms with Crippen molar-refractivity contribution < 1.29 is 0 Å². The molecule has 0 atom stereocenters. The predicted octanol–water partition coefficient (Wildman–Crippen LogP) is 5.41. The molecular formula is C13H17Cl2NS. The molecule has 1 aliphatic carbocycles. The van der Waals surface area contributed by atoms with Crippen LogP contribution in [0.2, 0.25) is 10.0 Å². The summed E-state index contributed by atoms with van der Waals surface area (Å²) in [5.41, 5.74) is 1.08. The molecule has 1 fully saturated rings. The SMILES string of the molecule is CCN(SC1CCCC1)c1ccc(Cl)cc1Cl. The standard InChI is InChI=1S/C13H17Cl2NS/c1-2-16(17-11-5-3-4-6-11)13-8-7-10(14)9-12(13)15/h7-9,11H,2-6H2,1H3. The van der Waals surface area contributed by atoms with Crippen molar-refractivity contribution in [3.63, 3.8) is 0 Å². The first-order valence-corrected chi connectivity index (χ1v) is 7.69. The summed E-state index contributed by atoms with van der Waals surface area (Å²) >= 11 is 14.1. The van der Waals surface area contributed by atoms with Gasteiger partial charge in [-0.05, 0) is 49.9 Å². The van der Waals surface area contributed by atoms with Crippen molar-refractivity contribution in [2.24, 2.45) is 0 Å². The van der Waals surface area contributed by atoms with E-state index >= 15 is 0 Å². The van der Waals surface area contributed by atoms with E-state index in [0.29, 0.717) is 5.02 Å². The van der Waals surface area contributed by atoms with Crippen molar-refractivity contribution in [2.75, 3.05) is 10.8 Å². The minimum absolute atomic E-state index is 0.695. The summed E-state index contributed by atoms with van der Waals surface area (Å²) < 4.78 is 2.29. The predicted molar refractivity (Wildman–Crippen MR) is 79.3 cm³/mol. The van der Waals surface area contributed by atoms with Gasteiger partial charge in [0, 0.05) is 16.8 Å². The molecule has 0 amide bonds. The van der Waals surface area contributed by atoms with E-state index in [1.54, 1.807) is 0 Å². The van der Waals surface area contributed by atoms with Crippen LogP contribution in [0.1, 0.15) is 32.6 Å². The van der Waals surface area contributed by atoms with E-state index in [0.717, 1.165) is 22.5 Å². The number of rotatable bonds is 4. The maximum atomic E-state index is 6.25. The Morgan fingerprint density at radius 3 is 2.59 bits per heavy atom. The fraction of sp³-hybridized carbons (Fsp3) is 0.538. The summed E-state index contributed by atoms with van der Waals surface area (Å²) in [5.74, 6) is 0. The van der Waals surface area contributed by atoms with Crippen LogP contribution < -0.4 is 4.31 Å². The normalized spacial score (nSPS) is 16.4. The maximum absolute atomic E-state index is 6.25. The van der Waals surface area contributed by atoms with Gasteiger partial charge in [-0.2, -0.15) is 0 Å². The molecule has 1 aliphatic rings. The van der Waals surface area contributed by atoms with Crippen molar-refractivity contribution in [1.82, 2.24) is 0 Å². The van der Waals surface area contributed by atoms with Gasteiger partial charge in [0.05, 0.1) is 10.7 Å². The van der Waals surface area contributed by atoms with Gasteiger partial charge in [-0.15, -0.1) is 0 Å². The molecule has 1 aromatic carbocycles. The van der Waals surface area contributed by atoms with Crippen LogP contribution in [0.25, 0.3) is 0 Å². The summed E-state index contributed by atoms with van der Waals surface area (Å²) in [5, 5.41) is 2.19. The Balaban J connectivity index is 2.10. The number of anilines is 1. The molecule has 0 unspecified atom stereocenters. The smallest absolute Gasteiger partial charge is 0.0662 e. The Kier molecular flexibility index (Phi) is 4.89. The van der Waals surface area contributed by atoms with Crippen molar-refractivity contribution in [3.8, 4) is 0 Å². The molecule has 0 bridgehead atoms. The highest BCUT2D eigenvalue weighted by atomic mass is 35.5. The monoisotopic (exact) mass is 289 g/mol. The van der Waals surface area contributed by atoms with E-state index < -0.39 is 0 Å². The van der Waals surface area contributed by atoms with Crippen molar-refractivity contribution >= 4 is 40.8 Å². The fourth-order valence-corrected chi connectivity index (χ4v) is 4.05. The van der Waals surface area contributed by atoms with Crippen LogP contribution in [0.15, 0.2) is 18.2 Å². The zero-order chi connectivity index (χ0) is 12.3. The van der Waals surface area contributed by atoms with Crippen molar-refractivity contribution in [1.29, 1.82) is 0 Å². The van der Waals surface area contributed by atoms with Gasteiger partial charge >= 0.3 is 0 Å². The highest BCUT2D eigenvalue weighted by Crippen LogP contribution is 2.38. The molecule has 0 saturated heterocycles. The molecule has 0 spiro atoms. The molecule has 1 saturated carbocycles. The summed E-state index contributed by atoms with van der Waals surface area (Å²) in [6.07, 6.45) is 5.38. The quantitative estimate of drug-likeness (QED) is 0.682. The molecule has 4 heteroatoms. The second-order valence-electron chi connectivity index (χ2n) is 4.30. The number of halogens is 2. The first kappa shape index (κ1) is 13.4. The lowest BCUT2D eigenvalue weighted by atomic mass is 10.3. The van der Waals surface area contributed by atoms with E-state index in [1.165, 1.54) is 25.7 Å². The summed E-state index contributed by atoms with van der Waals surface area (Å²) in [7, 11) is 0. The number of hydrogen-bond donors (Lipinski definition) is 0. The third kappa shape index (κ3) is 3.46. The zero-order valence-corrected chi connectivity index (χ0v) is 12.3. The van der Waals surface area contributed by atoms with Crippen LogP contribution in [0, 0.1) is 0 Å². The molecule has 0 aliphatic heterocycles. The Bertz CT molecular complexity index is 378. The maximum Gasteiger partial charge on any atom is 0.0662 e. The molecule has 0 radical (unpaired) electrons. The van der Waals surface area contributed by atoms with Gasteiger partial charge in [0.15, 0.2) is 0 Å². The van der Waals surface area contributed by atoms with Crippen LogP contribution in [0.3, 0.4) is 0 Å². The van der Waals surface area contributed by atoms with Gasteiger partial charge < -0.3 is 4.31 Å². The average molecular weight is 290 g/mol. The van der Waals surface area contributed by atoms with E-state index in [2.05, 4.69) is 11.2 Å². The van der Waals surface area contributed by atoms with Crippen LogP contribution in [0.5, 0.6) is 0 Å². The third-order valence-electron chi connectivity index (χ3n) is 3.04. The van der Waals surface area contributed by atoms with Crippen LogP contribution in [0.4, 0.5) is 5.69 Å². The number of nitrogens with zero attached hydrogens (tertiary/aromatic N) is 1. The lowest BCUT2D eigenvalue weighted by Crippen LogP contribution is -2.17. The van der Waals surface area contributed by atoms with E-state index in [1.807, 2.05) is 30.1 Å². The Labute approximate surface area is 118 Å². The second-order valence-corrected chi connectivity index (χ2v) is 6.46. The average Bonchev–Trinajstić information content (AvgIpc) is 2.79. The summed E-state index contributed by atoms with van der Waals surface area (Å²) in [6.45, 7) is 3.12. The Hall–Kier alpha value is -0.0500. The minimum Gasteiger partial charge on any atom is -0.315 e. The van der Waals surface area contributed by atoms with Crippen molar-refractivity contribution in [3.05, 3.63) is 28.2 Å². The largest absolute Gasteiger partial charge is 0.315 e. The van der Waals surface area contributed by atoms with Gasteiger partial charge in [-0.1, -0.05) is 36.0 Å². The molecule has 0 N–H and O–H groups in total. The van der Waals surface area contributed by atoms with Crippen LogP contribution >= 0.6 is 35.1 Å². The molecule has 17 heavy (non-hydrogen) atoms. The molecule has 2 rings (SSSR count). The Morgan fingerprint density at radius 1 is 1.29 bits per heavy atom. The highest BCUT2D eigenvalue weighted by molar-refractivity contribution is 8.01. The van der Waals surface area contributed by atoms with E-state index in [9.17, 15) is 0 Å². The zero-order valence-electron chi connectivity index (χ0n) is 9.96. The lowest BCUT2D eigenvalue weighted by Gasteiger charge is -2.25. The summed E-state index contributed by atoms with van der Waals surface area (Å²) in [6, 6.07) is 5.73. The van der Waals surface area contributed by atoms with Gasteiger partial charge in [-0.25, -0.2) is 0 Å². The van der Waals surface area contributed by atoms with E-state index in [4.69, 9.17) is 23.2 Å². The fourth-order valence-electron chi connectivity index (χ4n) is 2.16. The molecule has 0 heterocycles.